The number of hydrogen-bond acceptors (Lipinski definition) is 7. The fraction of sp³-hybridized carbons (Fsp3) is 0.148. The van der Waals surface area contributed by atoms with Crippen molar-refractivity contribution in [3.63, 3.8) is 0 Å². The molecule has 3 aromatic carbocycles. The zero-order valence-corrected chi connectivity index (χ0v) is 20.2. The lowest BCUT2D eigenvalue weighted by Crippen LogP contribution is -2.36. The second-order valence-electron chi connectivity index (χ2n) is 8.44. The van der Waals surface area contributed by atoms with Gasteiger partial charge in [0.25, 0.3) is 5.91 Å². The van der Waals surface area contributed by atoms with E-state index in [-0.39, 0.29) is 5.91 Å². The normalized spacial score (nSPS) is 13.6. The number of thiazole rings is 1. The highest BCUT2D eigenvalue weighted by Crippen LogP contribution is 2.26. The van der Waals surface area contributed by atoms with Crippen LogP contribution in [0.1, 0.15) is 9.80 Å². The van der Waals surface area contributed by atoms with Crippen LogP contribution in [-0.4, -0.2) is 47.0 Å². The van der Waals surface area contributed by atoms with E-state index < -0.39 is 0 Å². The molecule has 0 aliphatic carbocycles. The monoisotopic (exact) mass is 496 g/mol. The van der Waals surface area contributed by atoms with Gasteiger partial charge in [0.2, 0.25) is 0 Å². The maximum Gasteiger partial charge on any atom is 0.284 e. The molecule has 3 heterocycles. The van der Waals surface area contributed by atoms with Gasteiger partial charge in [-0.25, -0.2) is 9.67 Å². The third-order valence-electron chi connectivity index (χ3n) is 6.10. The highest BCUT2D eigenvalue weighted by molar-refractivity contribution is 7.11. The molecule has 0 bridgehead atoms. The van der Waals surface area contributed by atoms with Crippen molar-refractivity contribution < 1.29 is 9.53 Å². The van der Waals surface area contributed by atoms with Crippen molar-refractivity contribution in [1.29, 1.82) is 0 Å². The minimum Gasteiger partial charge on any atom is -0.378 e. The standard InChI is InChI=1S/C27H24N6O2S/c34-26(27-28-11-16-36-27)31-21-3-8-24(9-4-21)33-25-10-5-22(17-19(25)18-29-33)30-20-1-6-23(7-2-20)32-12-14-35-15-13-32/h1-11,16-18,30H,12-15H2,(H,31,34). The number of nitrogens with one attached hydrogen (secondary N) is 2. The first kappa shape index (κ1) is 22.3. The van der Waals surface area contributed by atoms with Crippen LogP contribution >= 0.6 is 11.3 Å². The van der Waals surface area contributed by atoms with E-state index in [2.05, 4.69) is 68.1 Å². The van der Waals surface area contributed by atoms with E-state index in [9.17, 15) is 4.79 Å². The van der Waals surface area contributed by atoms with E-state index in [1.165, 1.54) is 17.0 Å². The Bertz CT molecular complexity index is 1470. The fourth-order valence-corrected chi connectivity index (χ4v) is 4.80. The number of fused-ring (bicyclic) bond motifs is 1. The molecule has 1 fully saturated rings. The first-order valence-corrected chi connectivity index (χ1v) is 12.6. The average Bonchev–Trinajstić information content (AvgIpc) is 3.61. The summed E-state index contributed by atoms with van der Waals surface area (Å²) in [5.41, 5.74) is 5.88. The Morgan fingerprint density at radius 1 is 0.889 bits per heavy atom. The average molecular weight is 497 g/mol. The number of hydrogen-bond donors (Lipinski definition) is 2. The van der Waals surface area contributed by atoms with Crippen LogP contribution in [0.15, 0.2) is 84.5 Å². The zero-order valence-electron chi connectivity index (χ0n) is 19.4. The number of carbonyl (C=O) groups excluding carboxylic acids is 1. The molecule has 9 heteroatoms. The second-order valence-corrected chi connectivity index (χ2v) is 9.33. The highest BCUT2D eigenvalue weighted by Gasteiger charge is 2.12. The van der Waals surface area contributed by atoms with Crippen molar-refractivity contribution >= 4 is 50.9 Å². The van der Waals surface area contributed by atoms with Crippen molar-refractivity contribution in [1.82, 2.24) is 14.8 Å². The Hall–Kier alpha value is -4.21. The van der Waals surface area contributed by atoms with E-state index in [1.54, 1.807) is 11.6 Å². The first-order valence-electron chi connectivity index (χ1n) is 11.7. The summed E-state index contributed by atoms with van der Waals surface area (Å²) in [5, 5.41) is 14.2. The maximum absolute atomic E-state index is 12.2. The molecule has 0 atom stereocenters. The van der Waals surface area contributed by atoms with Gasteiger partial charge in [-0.15, -0.1) is 11.3 Å². The second kappa shape index (κ2) is 9.80. The smallest absolute Gasteiger partial charge is 0.284 e. The number of ether oxygens (including phenoxy) is 1. The van der Waals surface area contributed by atoms with Crippen LogP contribution in [0.4, 0.5) is 22.7 Å². The van der Waals surface area contributed by atoms with Gasteiger partial charge in [-0.2, -0.15) is 5.10 Å². The molecule has 5 aromatic rings. The van der Waals surface area contributed by atoms with Crippen molar-refractivity contribution in [3.05, 3.63) is 89.5 Å². The van der Waals surface area contributed by atoms with Gasteiger partial charge in [0, 0.05) is 52.8 Å². The van der Waals surface area contributed by atoms with Crippen LogP contribution in [-0.2, 0) is 4.74 Å². The lowest BCUT2D eigenvalue weighted by Gasteiger charge is -2.28. The molecular weight excluding hydrogens is 472 g/mol. The quantitative estimate of drug-likeness (QED) is 0.331. The van der Waals surface area contributed by atoms with Crippen LogP contribution in [0.3, 0.4) is 0 Å². The summed E-state index contributed by atoms with van der Waals surface area (Å²) in [5.74, 6) is -0.210. The van der Waals surface area contributed by atoms with Gasteiger partial charge in [-0.1, -0.05) is 0 Å². The number of anilines is 4. The van der Waals surface area contributed by atoms with Crippen LogP contribution in [0.25, 0.3) is 16.6 Å². The van der Waals surface area contributed by atoms with Crippen LogP contribution in [0.2, 0.25) is 0 Å². The summed E-state index contributed by atoms with van der Waals surface area (Å²) in [7, 11) is 0. The third-order valence-corrected chi connectivity index (χ3v) is 6.87. The number of aromatic nitrogens is 3. The van der Waals surface area contributed by atoms with Crippen molar-refractivity contribution in [2.45, 2.75) is 0 Å². The Kier molecular flexibility index (Phi) is 6.06. The fourth-order valence-electron chi connectivity index (χ4n) is 4.27. The number of morpholine rings is 1. The lowest BCUT2D eigenvalue weighted by atomic mass is 10.2. The van der Waals surface area contributed by atoms with Gasteiger partial charge in [-0.05, 0) is 66.7 Å². The summed E-state index contributed by atoms with van der Waals surface area (Å²) in [6.45, 7) is 3.41. The van der Waals surface area contributed by atoms with E-state index in [0.717, 1.165) is 54.3 Å². The molecule has 1 amide bonds. The molecule has 2 aromatic heterocycles. The van der Waals surface area contributed by atoms with E-state index >= 15 is 0 Å². The van der Waals surface area contributed by atoms with Gasteiger partial charge < -0.3 is 20.3 Å². The van der Waals surface area contributed by atoms with E-state index in [0.29, 0.717) is 10.7 Å². The van der Waals surface area contributed by atoms with Crippen LogP contribution < -0.4 is 15.5 Å². The molecule has 1 aliphatic rings. The molecule has 1 aliphatic heterocycles. The third kappa shape index (κ3) is 4.66. The largest absolute Gasteiger partial charge is 0.378 e. The molecule has 1 saturated heterocycles. The first-order chi connectivity index (χ1) is 17.7. The van der Waals surface area contributed by atoms with Gasteiger partial charge in [0.15, 0.2) is 5.01 Å². The molecule has 0 unspecified atom stereocenters. The van der Waals surface area contributed by atoms with Gasteiger partial charge in [0.1, 0.15) is 0 Å². The molecule has 0 radical (unpaired) electrons. The Labute approximate surface area is 212 Å². The molecule has 36 heavy (non-hydrogen) atoms. The molecular formula is C27H24N6O2S. The summed E-state index contributed by atoms with van der Waals surface area (Å²) in [4.78, 5) is 18.6. The van der Waals surface area contributed by atoms with Crippen LogP contribution in [0.5, 0.6) is 0 Å². The number of nitrogens with zero attached hydrogens (tertiary/aromatic N) is 4. The van der Waals surface area contributed by atoms with Gasteiger partial charge in [-0.3, -0.25) is 4.79 Å². The summed E-state index contributed by atoms with van der Waals surface area (Å²) in [6, 6.07) is 22.3. The Morgan fingerprint density at radius 2 is 1.61 bits per heavy atom. The molecule has 6 rings (SSSR count). The Balaban J connectivity index is 1.15. The molecule has 0 spiro atoms. The summed E-state index contributed by atoms with van der Waals surface area (Å²) >= 11 is 1.31. The van der Waals surface area contributed by atoms with Crippen LogP contribution in [0, 0.1) is 0 Å². The number of rotatable bonds is 6. The van der Waals surface area contributed by atoms with Crippen molar-refractivity contribution in [3.8, 4) is 5.69 Å². The minimum atomic E-state index is -0.210. The molecule has 2 N–H and O–H groups in total. The molecule has 180 valence electrons. The van der Waals surface area contributed by atoms with Gasteiger partial charge >= 0.3 is 0 Å². The van der Waals surface area contributed by atoms with Crippen molar-refractivity contribution in [2.24, 2.45) is 0 Å². The van der Waals surface area contributed by atoms with Crippen molar-refractivity contribution in [2.75, 3.05) is 41.8 Å². The predicted molar refractivity (Wildman–Crippen MR) is 144 cm³/mol. The lowest BCUT2D eigenvalue weighted by molar-refractivity contribution is 0.102. The van der Waals surface area contributed by atoms with Gasteiger partial charge in [0.05, 0.1) is 30.6 Å². The molecule has 8 nitrogen and oxygen atoms in total. The minimum absolute atomic E-state index is 0.210. The predicted octanol–water partition coefficient (Wildman–Crippen LogP) is 5.31. The highest BCUT2D eigenvalue weighted by atomic mass is 32.1. The zero-order chi connectivity index (χ0) is 24.3. The Morgan fingerprint density at radius 3 is 2.36 bits per heavy atom. The number of amides is 1. The number of benzene rings is 3. The maximum atomic E-state index is 12.2. The molecule has 0 saturated carbocycles. The van der Waals surface area contributed by atoms with E-state index in [4.69, 9.17) is 4.74 Å². The topological polar surface area (TPSA) is 84.3 Å². The number of carbonyl (C=O) groups is 1. The summed E-state index contributed by atoms with van der Waals surface area (Å²) in [6.07, 6.45) is 3.48. The van der Waals surface area contributed by atoms with E-state index in [1.807, 2.05) is 35.1 Å². The summed E-state index contributed by atoms with van der Waals surface area (Å²) < 4.78 is 7.33. The SMILES string of the molecule is O=C(Nc1ccc(-n2ncc3cc(Nc4ccc(N5CCOCC5)cc4)ccc32)cc1)c1nccs1.